The Bertz CT molecular complexity index is 2080. The van der Waals surface area contributed by atoms with Crippen LogP contribution in [0.4, 0.5) is 11.4 Å². The van der Waals surface area contributed by atoms with Gasteiger partial charge in [-0.3, -0.25) is 0 Å². The fraction of sp³-hybridized carbons (Fsp3) is 0.118. The van der Waals surface area contributed by atoms with Gasteiger partial charge in [-0.2, -0.15) is 0 Å². The zero-order chi connectivity index (χ0) is 25.0. The largest absolute Gasteiger partial charge is 0.330 e. The summed E-state index contributed by atoms with van der Waals surface area (Å²) in [5.74, 6) is 0. The monoisotopic (exact) mass is 502 g/mol. The van der Waals surface area contributed by atoms with Crippen molar-refractivity contribution in [3.05, 3.63) is 114 Å². The summed E-state index contributed by atoms with van der Waals surface area (Å²) < 4.78 is 2.44. The molecule has 0 bridgehead atoms. The summed E-state index contributed by atoms with van der Waals surface area (Å²) in [6, 6.07) is 38.9. The number of aromatic nitrogens is 1. The van der Waals surface area contributed by atoms with Crippen LogP contribution in [0.15, 0.2) is 108 Å². The van der Waals surface area contributed by atoms with Crippen LogP contribution in [0.2, 0.25) is 0 Å². The van der Waals surface area contributed by atoms with Crippen LogP contribution in [-0.2, 0) is 10.3 Å². The Morgan fingerprint density at radius 1 is 0.684 bits per heavy atom. The molecule has 0 radical (unpaired) electrons. The summed E-state index contributed by atoms with van der Waals surface area (Å²) in [5, 5.41) is 2.73. The van der Waals surface area contributed by atoms with E-state index < -0.39 is 0 Å². The second kappa shape index (κ2) is 6.22. The quantitative estimate of drug-likeness (QED) is 0.225. The molecule has 0 amide bonds. The van der Waals surface area contributed by atoms with Crippen molar-refractivity contribution in [1.29, 1.82) is 0 Å². The predicted molar refractivity (Wildman–Crippen MR) is 161 cm³/mol. The van der Waals surface area contributed by atoms with Crippen LogP contribution in [0, 0.1) is 0 Å². The van der Waals surface area contributed by atoms with Gasteiger partial charge >= 0.3 is 0 Å². The zero-order valence-corrected chi connectivity index (χ0v) is 22.0. The summed E-state index contributed by atoms with van der Waals surface area (Å²) >= 11 is 2.06. The molecule has 2 atom stereocenters. The maximum Gasteiger partial charge on any atom is 0.252 e. The number of anilines is 2. The third-order valence-electron chi connectivity index (χ3n) is 10.1. The molecule has 6 aromatic rings. The molecule has 2 unspecified atom stereocenters. The zero-order valence-electron chi connectivity index (χ0n) is 21.2. The summed E-state index contributed by atoms with van der Waals surface area (Å²) in [6.45, 7) is 5.20. The number of rotatable bonds is 0. The van der Waals surface area contributed by atoms with Gasteiger partial charge in [0.2, 0.25) is 0 Å². The Balaban J connectivity index is 1.48. The van der Waals surface area contributed by atoms with E-state index in [0.717, 1.165) is 0 Å². The van der Waals surface area contributed by atoms with Crippen molar-refractivity contribution in [2.75, 3.05) is 4.90 Å². The third kappa shape index (κ3) is 1.89. The molecule has 0 fully saturated rings. The lowest BCUT2D eigenvalue weighted by Gasteiger charge is -2.46. The highest BCUT2D eigenvalue weighted by Gasteiger charge is 2.65. The molecule has 0 N–H and O–H groups in total. The number of benzene rings is 5. The number of para-hydroxylation sites is 3. The van der Waals surface area contributed by atoms with Gasteiger partial charge in [-0.1, -0.05) is 72.8 Å². The first-order valence-corrected chi connectivity index (χ1v) is 14.3. The van der Waals surface area contributed by atoms with E-state index >= 15 is 0 Å². The van der Waals surface area contributed by atoms with Crippen molar-refractivity contribution in [1.82, 2.24) is 4.57 Å². The van der Waals surface area contributed by atoms with E-state index in [2.05, 4.69) is 138 Å². The second-order valence-electron chi connectivity index (χ2n) is 11.5. The molecule has 178 valence electrons. The topological polar surface area (TPSA) is 8.17 Å². The SMILES string of the molecule is CC12Sc3ccccc3C1(C)N1c3ccccc3B3c4ccccc4-n4c5ccccc5c5cc2c1c3c54. The predicted octanol–water partition coefficient (Wildman–Crippen LogP) is 6.31. The van der Waals surface area contributed by atoms with Crippen LogP contribution in [0.1, 0.15) is 25.0 Å². The molecule has 0 aliphatic carbocycles. The second-order valence-corrected chi connectivity index (χ2v) is 13.0. The summed E-state index contributed by atoms with van der Waals surface area (Å²) in [4.78, 5) is 4.14. The van der Waals surface area contributed by atoms with Gasteiger partial charge in [0.15, 0.2) is 0 Å². The van der Waals surface area contributed by atoms with Crippen molar-refractivity contribution >= 4 is 68.0 Å². The van der Waals surface area contributed by atoms with E-state index in [1.54, 1.807) is 0 Å². The fourth-order valence-electron chi connectivity index (χ4n) is 8.39. The minimum atomic E-state index is -0.190. The van der Waals surface area contributed by atoms with Gasteiger partial charge < -0.3 is 9.47 Å². The number of hydrogen-bond donors (Lipinski definition) is 0. The van der Waals surface area contributed by atoms with E-state index in [9.17, 15) is 0 Å². The van der Waals surface area contributed by atoms with Crippen molar-refractivity contribution in [2.24, 2.45) is 0 Å². The molecular weight excluding hydrogens is 479 g/mol. The normalized spacial score (nSPS) is 23.0. The number of thioether (sulfide) groups is 1. The minimum Gasteiger partial charge on any atom is -0.330 e. The van der Waals surface area contributed by atoms with E-state index in [1.807, 2.05) is 0 Å². The van der Waals surface area contributed by atoms with Crippen molar-refractivity contribution in [3.63, 3.8) is 0 Å². The highest BCUT2D eigenvalue weighted by Crippen LogP contribution is 2.71. The lowest BCUT2D eigenvalue weighted by atomic mass is 9.34. The van der Waals surface area contributed by atoms with E-state index in [-0.39, 0.29) is 17.0 Å². The van der Waals surface area contributed by atoms with E-state index in [4.69, 9.17) is 0 Å². The Morgan fingerprint density at radius 2 is 1.37 bits per heavy atom. The highest BCUT2D eigenvalue weighted by atomic mass is 32.2. The molecule has 10 rings (SSSR count). The van der Waals surface area contributed by atoms with Crippen LogP contribution >= 0.6 is 11.8 Å². The number of nitrogens with zero attached hydrogens (tertiary/aromatic N) is 2. The van der Waals surface area contributed by atoms with E-state index in [1.165, 1.54) is 71.3 Å². The Labute approximate surface area is 226 Å². The van der Waals surface area contributed by atoms with Crippen LogP contribution < -0.4 is 21.3 Å². The molecule has 4 aliphatic rings. The van der Waals surface area contributed by atoms with Crippen LogP contribution in [0.5, 0.6) is 0 Å². The molecule has 2 nitrogen and oxygen atoms in total. The molecule has 4 aliphatic heterocycles. The van der Waals surface area contributed by atoms with Crippen LogP contribution in [0.3, 0.4) is 0 Å². The van der Waals surface area contributed by atoms with Gasteiger partial charge in [0.25, 0.3) is 6.71 Å². The lowest BCUT2D eigenvalue weighted by molar-refractivity contribution is 0.406. The third-order valence-corrected chi connectivity index (χ3v) is 11.7. The standard InChI is InChI=1S/C34H23BN2S/c1-33-22-12-4-10-18-29(22)38-34(33,2)23-19-21-20-11-3-7-15-26(20)36-27-16-8-5-13-24(27)35-25-14-6-9-17-28(25)37(33)32(23)30(35)31(21)36/h3-19H,1-2H3. The molecule has 5 aromatic carbocycles. The van der Waals surface area contributed by atoms with Gasteiger partial charge in [0, 0.05) is 32.7 Å². The number of hydrogen-bond acceptors (Lipinski definition) is 2. The van der Waals surface area contributed by atoms with Crippen molar-refractivity contribution < 1.29 is 0 Å². The maximum atomic E-state index is 2.73. The van der Waals surface area contributed by atoms with Gasteiger partial charge in [-0.25, -0.2) is 0 Å². The smallest absolute Gasteiger partial charge is 0.252 e. The molecule has 1 aromatic heterocycles. The molecule has 5 heterocycles. The van der Waals surface area contributed by atoms with Gasteiger partial charge in [-0.15, -0.1) is 11.8 Å². The van der Waals surface area contributed by atoms with Gasteiger partial charge in [-0.05, 0) is 71.7 Å². The maximum absolute atomic E-state index is 2.73. The highest BCUT2D eigenvalue weighted by molar-refractivity contribution is 8.00. The first-order chi connectivity index (χ1) is 18.6. The molecule has 38 heavy (non-hydrogen) atoms. The minimum absolute atomic E-state index is 0.112. The average molecular weight is 502 g/mol. The fourth-order valence-corrected chi connectivity index (χ4v) is 10.0. The Kier molecular flexibility index (Phi) is 3.29. The molecule has 0 saturated heterocycles. The van der Waals surface area contributed by atoms with Gasteiger partial charge in [0.05, 0.1) is 21.3 Å². The van der Waals surface area contributed by atoms with Crippen molar-refractivity contribution in [3.8, 4) is 5.69 Å². The number of fused-ring (bicyclic) bond motifs is 14. The summed E-state index contributed by atoms with van der Waals surface area (Å²) in [6.07, 6.45) is 0. The van der Waals surface area contributed by atoms with Gasteiger partial charge in [0.1, 0.15) is 0 Å². The summed E-state index contributed by atoms with van der Waals surface area (Å²) in [7, 11) is 0. The lowest BCUT2D eigenvalue weighted by Crippen LogP contribution is -2.62. The van der Waals surface area contributed by atoms with E-state index in [0.29, 0.717) is 0 Å². The molecule has 0 spiro atoms. The summed E-state index contributed by atoms with van der Waals surface area (Å²) in [5.41, 5.74) is 13.8. The van der Waals surface area contributed by atoms with Crippen molar-refractivity contribution in [2.45, 2.75) is 29.0 Å². The first-order valence-electron chi connectivity index (χ1n) is 13.5. The molecule has 4 heteroatoms. The van der Waals surface area contributed by atoms with Crippen LogP contribution in [-0.4, -0.2) is 11.3 Å². The Morgan fingerprint density at radius 3 is 2.24 bits per heavy atom. The Hall–Kier alpha value is -3.89. The van der Waals surface area contributed by atoms with Crippen LogP contribution in [0.25, 0.3) is 27.5 Å². The average Bonchev–Trinajstić information content (AvgIpc) is 3.48. The molecule has 0 saturated carbocycles. The first kappa shape index (κ1) is 20.1. The molecular formula is C34H23BN2S.